The van der Waals surface area contributed by atoms with Crippen LogP contribution in [0, 0.1) is 11.3 Å². The number of halogens is 1. The highest BCUT2D eigenvalue weighted by atomic mass is 35.5. The molecule has 0 amide bonds. The molecule has 0 radical (unpaired) electrons. The van der Waals surface area contributed by atoms with Gasteiger partial charge in [0.2, 0.25) is 0 Å². The number of benzene rings is 2. The minimum Gasteiger partial charge on any atom is -0.272 e. The van der Waals surface area contributed by atoms with E-state index in [2.05, 4.69) is 23.1 Å². The Hall–Kier alpha value is -1.82. The van der Waals surface area contributed by atoms with Crippen molar-refractivity contribution in [1.82, 2.24) is 4.90 Å². The van der Waals surface area contributed by atoms with Gasteiger partial charge in [-0.2, -0.15) is 5.26 Å². The fourth-order valence-electron chi connectivity index (χ4n) is 2.45. The minimum atomic E-state index is -0.0265. The number of hydrogen-bond acceptors (Lipinski definition) is 2. The van der Waals surface area contributed by atoms with Crippen LogP contribution in [0.15, 0.2) is 54.6 Å². The Morgan fingerprint density at radius 1 is 1.05 bits per heavy atom. The van der Waals surface area contributed by atoms with Crippen molar-refractivity contribution in [3.8, 4) is 6.07 Å². The Kier molecular flexibility index (Phi) is 3.25. The molecule has 19 heavy (non-hydrogen) atoms. The van der Waals surface area contributed by atoms with Crippen LogP contribution in [0.5, 0.6) is 0 Å². The van der Waals surface area contributed by atoms with Crippen molar-refractivity contribution in [3.63, 3.8) is 0 Å². The first-order valence-electron chi connectivity index (χ1n) is 6.24. The van der Waals surface area contributed by atoms with Crippen LogP contribution in [0.1, 0.15) is 17.2 Å². The summed E-state index contributed by atoms with van der Waals surface area (Å²) in [6.45, 7) is 0.812. The summed E-state index contributed by atoms with van der Waals surface area (Å²) in [5, 5.41) is 9.95. The highest BCUT2D eigenvalue weighted by Gasteiger charge is 2.48. The lowest BCUT2D eigenvalue weighted by Crippen LogP contribution is -2.00. The zero-order valence-electron chi connectivity index (χ0n) is 10.3. The van der Waals surface area contributed by atoms with E-state index in [4.69, 9.17) is 11.6 Å². The van der Waals surface area contributed by atoms with Gasteiger partial charge in [-0.1, -0.05) is 54.1 Å². The molecule has 3 heteroatoms. The smallest absolute Gasteiger partial charge is 0.119 e. The maximum atomic E-state index is 9.22. The molecule has 0 aliphatic carbocycles. The maximum Gasteiger partial charge on any atom is 0.119 e. The highest BCUT2D eigenvalue weighted by molar-refractivity contribution is 6.30. The van der Waals surface area contributed by atoms with Crippen molar-refractivity contribution >= 4 is 11.6 Å². The molecule has 2 nitrogen and oxygen atoms in total. The molecule has 2 aromatic rings. The van der Waals surface area contributed by atoms with E-state index in [1.165, 1.54) is 5.56 Å². The molecule has 1 unspecified atom stereocenters. The fraction of sp³-hybridized carbons (Fsp3) is 0.188. The van der Waals surface area contributed by atoms with Crippen LogP contribution in [0.25, 0.3) is 0 Å². The van der Waals surface area contributed by atoms with Gasteiger partial charge in [-0.15, -0.1) is 0 Å². The van der Waals surface area contributed by atoms with Crippen molar-refractivity contribution in [2.45, 2.75) is 18.6 Å². The Morgan fingerprint density at radius 2 is 1.74 bits per heavy atom. The summed E-state index contributed by atoms with van der Waals surface area (Å²) in [5.41, 5.74) is 2.39. The molecule has 1 aliphatic rings. The van der Waals surface area contributed by atoms with Crippen LogP contribution in [0.4, 0.5) is 0 Å². The Labute approximate surface area is 117 Å². The molecule has 0 spiro atoms. The van der Waals surface area contributed by atoms with Crippen LogP contribution in [-0.2, 0) is 6.54 Å². The zero-order valence-corrected chi connectivity index (χ0v) is 11.1. The molecule has 0 N–H and O–H groups in total. The molecule has 3 rings (SSSR count). The van der Waals surface area contributed by atoms with Crippen molar-refractivity contribution in [2.24, 2.45) is 0 Å². The number of hydrogen-bond donors (Lipinski definition) is 0. The lowest BCUT2D eigenvalue weighted by atomic mass is 10.1. The standard InChI is InChI=1S/C16H13ClN2/c17-14-8-6-13(7-9-14)16-15(10-18)19(16)11-12-4-2-1-3-5-12/h1-9,15-16H,11H2/t15-,16+,19?/m1/s1. The minimum absolute atomic E-state index is 0.0265. The first-order chi connectivity index (χ1) is 9.29. The van der Waals surface area contributed by atoms with Gasteiger partial charge in [-0.05, 0) is 23.3 Å². The van der Waals surface area contributed by atoms with Gasteiger partial charge in [0.1, 0.15) is 6.04 Å². The summed E-state index contributed by atoms with van der Waals surface area (Å²) < 4.78 is 0. The second-order valence-electron chi connectivity index (χ2n) is 4.73. The van der Waals surface area contributed by atoms with E-state index in [0.29, 0.717) is 0 Å². The molecule has 1 fully saturated rings. The lowest BCUT2D eigenvalue weighted by Gasteiger charge is -2.03. The van der Waals surface area contributed by atoms with Gasteiger partial charge in [0.25, 0.3) is 0 Å². The second-order valence-corrected chi connectivity index (χ2v) is 5.16. The van der Waals surface area contributed by atoms with Gasteiger partial charge in [0.05, 0.1) is 12.1 Å². The first kappa shape index (κ1) is 12.2. The summed E-state index contributed by atoms with van der Waals surface area (Å²) in [5.74, 6) is 0. The molecule has 2 aromatic carbocycles. The normalized spacial score (nSPS) is 24.7. The summed E-state index contributed by atoms with van der Waals surface area (Å²) in [6, 6.07) is 20.5. The predicted molar refractivity (Wildman–Crippen MR) is 75.6 cm³/mol. The maximum absolute atomic E-state index is 9.22. The predicted octanol–water partition coefficient (Wildman–Crippen LogP) is 3.79. The Morgan fingerprint density at radius 3 is 2.37 bits per heavy atom. The molecule has 1 saturated heterocycles. The summed E-state index contributed by atoms with van der Waals surface area (Å²) in [4.78, 5) is 2.19. The van der Waals surface area contributed by atoms with Crippen molar-refractivity contribution in [2.75, 3.05) is 0 Å². The van der Waals surface area contributed by atoms with Crippen molar-refractivity contribution in [1.29, 1.82) is 5.26 Å². The molecule has 0 saturated carbocycles. The third kappa shape index (κ3) is 2.49. The van der Waals surface area contributed by atoms with E-state index in [1.807, 2.05) is 42.5 Å². The van der Waals surface area contributed by atoms with Gasteiger partial charge < -0.3 is 0 Å². The topological polar surface area (TPSA) is 26.8 Å². The number of rotatable bonds is 3. The zero-order chi connectivity index (χ0) is 13.2. The third-order valence-corrected chi connectivity index (χ3v) is 3.73. The van der Waals surface area contributed by atoms with E-state index in [-0.39, 0.29) is 12.1 Å². The SMILES string of the molecule is N#C[C@@H]1[C@H](c2ccc(Cl)cc2)N1Cc1ccccc1. The molecular formula is C16H13ClN2. The van der Waals surface area contributed by atoms with E-state index in [1.54, 1.807) is 0 Å². The first-order valence-corrected chi connectivity index (χ1v) is 6.62. The van der Waals surface area contributed by atoms with Gasteiger partial charge in [-0.3, -0.25) is 4.90 Å². The summed E-state index contributed by atoms with van der Waals surface area (Å²) in [7, 11) is 0. The average molecular weight is 269 g/mol. The van der Waals surface area contributed by atoms with E-state index < -0.39 is 0 Å². The number of nitriles is 1. The molecular weight excluding hydrogens is 256 g/mol. The quantitative estimate of drug-likeness (QED) is 0.792. The second kappa shape index (κ2) is 5.05. The highest BCUT2D eigenvalue weighted by Crippen LogP contribution is 2.44. The molecule has 0 aromatic heterocycles. The fourth-order valence-corrected chi connectivity index (χ4v) is 2.57. The Bertz CT molecular complexity index is 601. The van der Waals surface area contributed by atoms with Crippen LogP contribution < -0.4 is 0 Å². The van der Waals surface area contributed by atoms with Crippen LogP contribution in [-0.4, -0.2) is 10.9 Å². The van der Waals surface area contributed by atoms with Gasteiger partial charge >= 0.3 is 0 Å². The van der Waals surface area contributed by atoms with Crippen LogP contribution in [0.3, 0.4) is 0 Å². The van der Waals surface area contributed by atoms with Crippen LogP contribution in [0.2, 0.25) is 5.02 Å². The summed E-state index contributed by atoms with van der Waals surface area (Å²) in [6.07, 6.45) is 0. The van der Waals surface area contributed by atoms with E-state index in [0.717, 1.165) is 17.1 Å². The lowest BCUT2D eigenvalue weighted by molar-refractivity contribution is 0.495. The van der Waals surface area contributed by atoms with Crippen LogP contribution >= 0.6 is 11.6 Å². The monoisotopic (exact) mass is 268 g/mol. The molecule has 1 aliphatic heterocycles. The van der Waals surface area contributed by atoms with Crippen molar-refractivity contribution < 1.29 is 0 Å². The molecule has 0 bridgehead atoms. The largest absolute Gasteiger partial charge is 0.272 e. The van der Waals surface area contributed by atoms with Gasteiger partial charge in [0, 0.05) is 11.6 Å². The number of nitrogens with zero attached hydrogens (tertiary/aromatic N) is 2. The molecule has 1 heterocycles. The molecule has 3 atom stereocenters. The summed E-state index contributed by atoms with van der Waals surface area (Å²) >= 11 is 5.89. The third-order valence-electron chi connectivity index (χ3n) is 3.48. The van der Waals surface area contributed by atoms with E-state index in [9.17, 15) is 5.26 Å². The van der Waals surface area contributed by atoms with Crippen molar-refractivity contribution in [3.05, 3.63) is 70.7 Å². The van der Waals surface area contributed by atoms with Gasteiger partial charge in [-0.25, -0.2) is 0 Å². The molecule has 94 valence electrons. The van der Waals surface area contributed by atoms with Gasteiger partial charge in [0.15, 0.2) is 0 Å². The van der Waals surface area contributed by atoms with E-state index >= 15 is 0 Å². The average Bonchev–Trinajstić information content (AvgIpc) is 3.13. The Balaban J connectivity index is 1.77.